The number of nitrogens with one attached hydrogen (secondary N) is 1. The summed E-state index contributed by atoms with van der Waals surface area (Å²) in [5, 5.41) is 11.4. The molecule has 1 fully saturated rings. The van der Waals surface area contributed by atoms with E-state index in [9.17, 15) is 9.59 Å². The van der Waals surface area contributed by atoms with E-state index in [1.165, 1.54) is 0 Å². The zero-order valence-corrected chi connectivity index (χ0v) is 7.91. The maximum absolute atomic E-state index is 11.0. The number of aliphatic carboxylic acids is 1. The molecule has 0 bridgehead atoms. The second kappa shape index (κ2) is 3.77. The Kier molecular flexibility index (Phi) is 2.90. The average molecular weight is 185 g/mol. The summed E-state index contributed by atoms with van der Waals surface area (Å²) in [6, 6.07) is 0.0311. The van der Waals surface area contributed by atoms with Crippen molar-refractivity contribution in [2.75, 3.05) is 0 Å². The molecule has 1 amide bonds. The fraction of sp³-hybridized carbons (Fsp3) is 0.778. The van der Waals surface area contributed by atoms with Gasteiger partial charge < -0.3 is 10.4 Å². The van der Waals surface area contributed by atoms with Crippen molar-refractivity contribution < 1.29 is 14.7 Å². The largest absolute Gasteiger partial charge is 0.481 e. The van der Waals surface area contributed by atoms with Crippen molar-refractivity contribution in [1.82, 2.24) is 5.32 Å². The summed E-state index contributed by atoms with van der Waals surface area (Å²) in [6.07, 6.45) is 0.441. The number of carbonyl (C=O) groups excluding carboxylic acids is 1. The molecule has 1 heterocycles. The van der Waals surface area contributed by atoms with Crippen molar-refractivity contribution in [2.45, 2.75) is 32.7 Å². The van der Waals surface area contributed by atoms with Crippen LogP contribution in [-0.4, -0.2) is 23.0 Å². The molecular formula is C9H15NO3. The summed E-state index contributed by atoms with van der Waals surface area (Å²) >= 11 is 0. The number of hydrogen-bond acceptors (Lipinski definition) is 2. The maximum atomic E-state index is 11.0. The molecule has 0 aromatic heterocycles. The van der Waals surface area contributed by atoms with Crippen LogP contribution in [0.1, 0.15) is 26.7 Å². The highest BCUT2D eigenvalue weighted by molar-refractivity contribution is 5.80. The number of carboxylic acids is 1. The highest BCUT2D eigenvalue weighted by atomic mass is 16.4. The van der Waals surface area contributed by atoms with E-state index in [1.54, 1.807) is 0 Å². The lowest BCUT2D eigenvalue weighted by Gasteiger charge is -2.20. The van der Waals surface area contributed by atoms with E-state index in [4.69, 9.17) is 5.11 Å². The molecule has 1 aliphatic rings. The molecule has 0 unspecified atom stereocenters. The van der Waals surface area contributed by atoms with Gasteiger partial charge in [-0.15, -0.1) is 0 Å². The summed E-state index contributed by atoms with van der Waals surface area (Å²) in [5.74, 6) is -0.585. The first-order chi connectivity index (χ1) is 6.00. The lowest BCUT2D eigenvalue weighted by molar-refractivity contribution is -0.138. The monoisotopic (exact) mass is 185 g/mol. The van der Waals surface area contributed by atoms with Crippen molar-refractivity contribution >= 4 is 11.9 Å². The second-order valence-electron chi connectivity index (χ2n) is 3.90. The summed E-state index contributed by atoms with van der Waals surface area (Å²) < 4.78 is 0. The Bertz CT molecular complexity index is 225. The first kappa shape index (κ1) is 10.0. The molecule has 2 N–H and O–H groups in total. The maximum Gasteiger partial charge on any atom is 0.303 e. The molecule has 74 valence electrons. The van der Waals surface area contributed by atoms with Gasteiger partial charge in [-0.05, 0) is 11.8 Å². The van der Waals surface area contributed by atoms with Crippen LogP contribution in [0.4, 0.5) is 0 Å². The molecule has 2 atom stereocenters. The molecule has 1 rings (SSSR count). The molecule has 0 aromatic rings. The van der Waals surface area contributed by atoms with Gasteiger partial charge in [-0.3, -0.25) is 9.59 Å². The Morgan fingerprint density at radius 2 is 2.31 bits per heavy atom. The minimum atomic E-state index is -0.827. The van der Waals surface area contributed by atoms with E-state index in [2.05, 4.69) is 5.32 Å². The van der Waals surface area contributed by atoms with E-state index in [0.717, 1.165) is 0 Å². The Morgan fingerprint density at radius 3 is 2.77 bits per heavy atom. The normalized spacial score (nSPS) is 27.8. The van der Waals surface area contributed by atoms with Gasteiger partial charge in [0.05, 0.1) is 6.42 Å². The molecule has 0 radical (unpaired) electrons. The van der Waals surface area contributed by atoms with Crippen molar-refractivity contribution in [3.05, 3.63) is 0 Å². The van der Waals surface area contributed by atoms with Crippen molar-refractivity contribution in [2.24, 2.45) is 11.8 Å². The number of rotatable bonds is 3. The van der Waals surface area contributed by atoms with Gasteiger partial charge in [-0.1, -0.05) is 13.8 Å². The van der Waals surface area contributed by atoms with Gasteiger partial charge in [0.1, 0.15) is 0 Å². The molecule has 0 aromatic carbocycles. The fourth-order valence-corrected chi connectivity index (χ4v) is 1.86. The third kappa shape index (κ3) is 2.44. The quantitative estimate of drug-likeness (QED) is 0.677. The van der Waals surface area contributed by atoms with Crippen LogP contribution < -0.4 is 5.32 Å². The first-order valence-corrected chi connectivity index (χ1v) is 4.52. The molecule has 4 nitrogen and oxygen atoms in total. The Morgan fingerprint density at radius 1 is 1.69 bits per heavy atom. The smallest absolute Gasteiger partial charge is 0.303 e. The Hall–Kier alpha value is -1.06. The molecule has 13 heavy (non-hydrogen) atoms. The van der Waals surface area contributed by atoms with E-state index < -0.39 is 5.97 Å². The lowest BCUT2D eigenvalue weighted by atomic mass is 9.89. The van der Waals surface area contributed by atoms with E-state index in [1.807, 2.05) is 13.8 Å². The van der Waals surface area contributed by atoms with Gasteiger partial charge >= 0.3 is 5.97 Å². The van der Waals surface area contributed by atoms with Crippen molar-refractivity contribution in [3.8, 4) is 0 Å². The van der Waals surface area contributed by atoms with Crippen LogP contribution in [0.2, 0.25) is 0 Å². The summed E-state index contributed by atoms with van der Waals surface area (Å²) in [6.45, 7) is 3.98. The molecule has 1 aliphatic heterocycles. The standard InChI is InChI=1S/C9H15NO3/c1-5(2)9-6(4-8(12)13)3-7(11)10-9/h5-6,9H,3-4H2,1-2H3,(H,10,11)(H,12,13)/t6-,9-/m0/s1. The zero-order chi connectivity index (χ0) is 10.0. The minimum absolute atomic E-state index is 0.0232. The lowest BCUT2D eigenvalue weighted by Crippen LogP contribution is -2.34. The van der Waals surface area contributed by atoms with E-state index in [0.29, 0.717) is 12.3 Å². The SMILES string of the molecule is CC(C)[C@@H]1NC(=O)C[C@H]1CC(=O)O. The Balaban J connectivity index is 2.60. The molecule has 1 saturated heterocycles. The van der Waals surface area contributed by atoms with Crippen molar-refractivity contribution in [1.29, 1.82) is 0 Å². The number of hydrogen-bond donors (Lipinski definition) is 2. The van der Waals surface area contributed by atoms with Gasteiger partial charge in [0.2, 0.25) is 5.91 Å². The van der Waals surface area contributed by atoms with Gasteiger partial charge in [0, 0.05) is 12.5 Å². The Labute approximate surface area is 77.3 Å². The van der Waals surface area contributed by atoms with Crippen LogP contribution in [0.3, 0.4) is 0 Å². The second-order valence-corrected chi connectivity index (χ2v) is 3.90. The van der Waals surface area contributed by atoms with Crippen LogP contribution in [0.5, 0.6) is 0 Å². The topological polar surface area (TPSA) is 66.4 Å². The van der Waals surface area contributed by atoms with E-state index >= 15 is 0 Å². The minimum Gasteiger partial charge on any atom is -0.481 e. The molecule has 0 spiro atoms. The first-order valence-electron chi connectivity index (χ1n) is 4.52. The van der Waals surface area contributed by atoms with Gasteiger partial charge in [0.25, 0.3) is 0 Å². The van der Waals surface area contributed by atoms with Crippen LogP contribution in [0.15, 0.2) is 0 Å². The number of carboxylic acid groups (broad SMARTS) is 1. The highest BCUT2D eigenvalue weighted by Gasteiger charge is 2.35. The molecule has 0 saturated carbocycles. The predicted octanol–water partition coefficient (Wildman–Crippen LogP) is 0.622. The molecule has 0 aliphatic carbocycles. The third-order valence-electron chi connectivity index (χ3n) is 2.44. The number of carbonyl (C=O) groups is 2. The zero-order valence-electron chi connectivity index (χ0n) is 7.91. The average Bonchev–Trinajstić information content (AvgIpc) is 2.29. The van der Waals surface area contributed by atoms with E-state index in [-0.39, 0.29) is 24.3 Å². The fourth-order valence-electron chi connectivity index (χ4n) is 1.86. The van der Waals surface area contributed by atoms with Gasteiger partial charge in [-0.25, -0.2) is 0 Å². The van der Waals surface area contributed by atoms with Crippen LogP contribution in [0, 0.1) is 11.8 Å². The summed E-state index contributed by atoms with van der Waals surface area (Å²) in [5.41, 5.74) is 0. The van der Waals surface area contributed by atoms with Crippen LogP contribution >= 0.6 is 0 Å². The van der Waals surface area contributed by atoms with Gasteiger partial charge in [-0.2, -0.15) is 0 Å². The van der Waals surface area contributed by atoms with Crippen molar-refractivity contribution in [3.63, 3.8) is 0 Å². The third-order valence-corrected chi connectivity index (χ3v) is 2.44. The highest BCUT2D eigenvalue weighted by Crippen LogP contribution is 2.25. The molecule has 4 heteroatoms. The van der Waals surface area contributed by atoms with Crippen LogP contribution in [-0.2, 0) is 9.59 Å². The molecular weight excluding hydrogens is 170 g/mol. The van der Waals surface area contributed by atoms with Gasteiger partial charge in [0.15, 0.2) is 0 Å². The number of amides is 1. The predicted molar refractivity (Wildman–Crippen MR) is 47.1 cm³/mol. The summed E-state index contributed by atoms with van der Waals surface area (Å²) in [7, 11) is 0. The summed E-state index contributed by atoms with van der Waals surface area (Å²) in [4.78, 5) is 21.5. The van der Waals surface area contributed by atoms with Crippen LogP contribution in [0.25, 0.3) is 0 Å².